The molecule has 0 unspecified atom stereocenters. The molecule has 1 N–H and O–H groups in total. The van der Waals surface area contributed by atoms with Gasteiger partial charge in [0.1, 0.15) is 4.90 Å². The third-order valence-corrected chi connectivity index (χ3v) is 3.61. The molecule has 0 atom stereocenters. The normalized spacial score (nSPS) is 11.4. The number of hydrogen-bond donors (Lipinski definition) is 1. The summed E-state index contributed by atoms with van der Waals surface area (Å²) < 4.78 is 29.3. The maximum Gasteiger partial charge on any atom is 0.341 e. The Morgan fingerprint density at radius 3 is 2.75 bits per heavy atom. The third kappa shape index (κ3) is 2.51. The van der Waals surface area contributed by atoms with E-state index >= 15 is 0 Å². The number of aromatic nitrogens is 2. The van der Waals surface area contributed by atoms with Crippen LogP contribution in [0.2, 0.25) is 0 Å². The molecule has 0 fully saturated rings. The number of carboxylic acids is 1. The molecule has 0 aliphatic rings. The number of hydrogen-bond acceptors (Lipinski definition) is 5. The van der Waals surface area contributed by atoms with Gasteiger partial charge >= 0.3 is 5.97 Å². The van der Waals surface area contributed by atoms with Crippen LogP contribution in [0.15, 0.2) is 11.1 Å². The second-order valence-corrected chi connectivity index (χ2v) is 5.27. The molecule has 0 saturated heterocycles. The maximum atomic E-state index is 11.6. The Balaban J connectivity index is 3.08. The van der Waals surface area contributed by atoms with Crippen molar-refractivity contribution in [2.24, 2.45) is 7.05 Å². The van der Waals surface area contributed by atoms with Gasteiger partial charge in [-0.3, -0.25) is 0 Å². The van der Waals surface area contributed by atoms with Crippen LogP contribution in [-0.2, 0) is 21.7 Å². The highest BCUT2D eigenvalue weighted by atomic mass is 32.2. The van der Waals surface area contributed by atoms with Crippen molar-refractivity contribution in [2.75, 3.05) is 12.4 Å². The van der Waals surface area contributed by atoms with E-state index in [-0.39, 0.29) is 16.5 Å². The maximum absolute atomic E-state index is 11.6. The predicted octanol–water partition coefficient (Wildman–Crippen LogP) is -0.323. The highest BCUT2D eigenvalue weighted by Crippen LogP contribution is 2.23. The van der Waals surface area contributed by atoms with Crippen LogP contribution in [0.25, 0.3) is 0 Å². The van der Waals surface area contributed by atoms with E-state index < -0.39 is 22.4 Å². The Kier molecular flexibility index (Phi) is 3.53. The minimum atomic E-state index is -3.46. The van der Waals surface area contributed by atoms with Crippen molar-refractivity contribution in [1.29, 1.82) is 0 Å². The Labute approximate surface area is 92.6 Å². The smallest absolute Gasteiger partial charge is 0.341 e. The molecule has 0 bridgehead atoms. The van der Waals surface area contributed by atoms with E-state index in [1.165, 1.54) is 18.7 Å². The third-order valence-electron chi connectivity index (χ3n) is 1.90. The number of carboxylic acid groups (broad SMARTS) is 1. The van der Waals surface area contributed by atoms with Gasteiger partial charge in [0, 0.05) is 7.05 Å². The molecule has 0 aliphatic heterocycles. The fraction of sp³-hybridized carbons (Fsp3) is 0.500. The average molecular weight is 248 g/mol. The standard InChI is InChI=1S/C8H12N2O5S/c1-3-16(13,14)6-4-9-10(2)8(6)15-5-7(11)12/h4H,3,5H2,1-2H3,(H,11,12). The zero-order valence-corrected chi connectivity index (χ0v) is 9.69. The Morgan fingerprint density at radius 2 is 2.25 bits per heavy atom. The van der Waals surface area contributed by atoms with Gasteiger partial charge in [-0.25, -0.2) is 17.9 Å². The quantitative estimate of drug-likeness (QED) is 0.766. The van der Waals surface area contributed by atoms with Gasteiger partial charge < -0.3 is 9.84 Å². The fourth-order valence-corrected chi connectivity index (χ4v) is 2.05. The summed E-state index contributed by atoms with van der Waals surface area (Å²) in [5.41, 5.74) is 0. The molecular formula is C8H12N2O5S. The van der Waals surface area contributed by atoms with Crippen molar-refractivity contribution in [3.8, 4) is 5.88 Å². The first kappa shape index (κ1) is 12.5. The molecule has 8 heteroatoms. The zero-order chi connectivity index (χ0) is 12.3. The lowest BCUT2D eigenvalue weighted by molar-refractivity contribution is -0.139. The van der Waals surface area contributed by atoms with Crippen LogP contribution in [0.4, 0.5) is 0 Å². The second kappa shape index (κ2) is 4.52. The first-order chi connectivity index (χ1) is 7.38. The van der Waals surface area contributed by atoms with Gasteiger partial charge in [0.05, 0.1) is 11.9 Å². The van der Waals surface area contributed by atoms with Crippen molar-refractivity contribution in [1.82, 2.24) is 9.78 Å². The molecule has 16 heavy (non-hydrogen) atoms. The molecule has 1 heterocycles. The molecule has 1 aromatic rings. The highest BCUT2D eigenvalue weighted by molar-refractivity contribution is 7.91. The number of rotatable bonds is 5. The van der Waals surface area contributed by atoms with Gasteiger partial charge in [-0.2, -0.15) is 5.10 Å². The van der Waals surface area contributed by atoms with E-state index in [0.29, 0.717) is 0 Å². The van der Waals surface area contributed by atoms with E-state index in [4.69, 9.17) is 9.84 Å². The molecule has 0 spiro atoms. The van der Waals surface area contributed by atoms with Gasteiger partial charge in [-0.15, -0.1) is 0 Å². The molecule has 0 aromatic carbocycles. The Morgan fingerprint density at radius 1 is 1.62 bits per heavy atom. The van der Waals surface area contributed by atoms with E-state index in [1.807, 2.05) is 0 Å². The summed E-state index contributed by atoms with van der Waals surface area (Å²) in [5, 5.41) is 12.2. The molecule has 1 aromatic heterocycles. The largest absolute Gasteiger partial charge is 0.479 e. The minimum absolute atomic E-state index is 0.0516. The number of sulfone groups is 1. The van der Waals surface area contributed by atoms with Crippen LogP contribution >= 0.6 is 0 Å². The van der Waals surface area contributed by atoms with Crippen LogP contribution in [0.3, 0.4) is 0 Å². The van der Waals surface area contributed by atoms with Crippen molar-refractivity contribution < 1.29 is 23.1 Å². The molecule has 0 radical (unpaired) electrons. The van der Waals surface area contributed by atoms with Gasteiger partial charge in [0.2, 0.25) is 5.88 Å². The van der Waals surface area contributed by atoms with E-state index in [0.717, 1.165) is 6.20 Å². The van der Waals surface area contributed by atoms with Crippen molar-refractivity contribution in [3.05, 3.63) is 6.20 Å². The summed E-state index contributed by atoms with van der Waals surface area (Å²) in [5.74, 6) is -1.33. The summed E-state index contributed by atoms with van der Waals surface area (Å²) in [6.45, 7) is 0.884. The number of aliphatic carboxylic acids is 1. The summed E-state index contributed by atoms with van der Waals surface area (Å²) in [6, 6.07) is 0. The van der Waals surface area contributed by atoms with Gasteiger partial charge in [-0.05, 0) is 0 Å². The molecule has 0 amide bonds. The molecule has 90 valence electrons. The van der Waals surface area contributed by atoms with Crippen molar-refractivity contribution in [3.63, 3.8) is 0 Å². The van der Waals surface area contributed by atoms with Crippen LogP contribution < -0.4 is 4.74 Å². The molecular weight excluding hydrogens is 236 g/mol. The van der Waals surface area contributed by atoms with Crippen LogP contribution in [0, 0.1) is 0 Å². The molecule has 0 aliphatic carbocycles. The van der Waals surface area contributed by atoms with Gasteiger partial charge in [0.15, 0.2) is 16.4 Å². The Bertz CT molecular complexity index is 491. The lowest BCUT2D eigenvalue weighted by Gasteiger charge is -2.06. The lowest BCUT2D eigenvalue weighted by Crippen LogP contribution is -2.14. The van der Waals surface area contributed by atoms with Crippen LogP contribution in [0.5, 0.6) is 5.88 Å². The van der Waals surface area contributed by atoms with Gasteiger partial charge in [-0.1, -0.05) is 6.92 Å². The molecule has 1 rings (SSSR count). The van der Waals surface area contributed by atoms with E-state index in [9.17, 15) is 13.2 Å². The zero-order valence-electron chi connectivity index (χ0n) is 8.87. The van der Waals surface area contributed by atoms with E-state index in [2.05, 4.69) is 5.10 Å². The SMILES string of the molecule is CCS(=O)(=O)c1cnn(C)c1OCC(=O)O. The number of carbonyl (C=O) groups is 1. The fourth-order valence-electron chi connectivity index (χ4n) is 1.07. The van der Waals surface area contributed by atoms with Gasteiger partial charge in [0.25, 0.3) is 0 Å². The summed E-state index contributed by atoms with van der Waals surface area (Å²) in [6.07, 6.45) is 1.15. The number of aryl methyl sites for hydroxylation is 1. The number of nitrogens with zero attached hydrogens (tertiary/aromatic N) is 2. The van der Waals surface area contributed by atoms with Crippen LogP contribution in [-0.4, -0.2) is 41.6 Å². The summed E-state index contributed by atoms with van der Waals surface area (Å²) in [4.78, 5) is 10.2. The lowest BCUT2D eigenvalue weighted by atomic mass is 10.6. The predicted molar refractivity (Wildman–Crippen MR) is 54.1 cm³/mol. The first-order valence-corrected chi connectivity index (χ1v) is 6.13. The first-order valence-electron chi connectivity index (χ1n) is 4.48. The Hall–Kier alpha value is -1.57. The minimum Gasteiger partial charge on any atom is -0.479 e. The van der Waals surface area contributed by atoms with E-state index in [1.54, 1.807) is 0 Å². The second-order valence-electron chi connectivity index (χ2n) is 3.02. The van der Waals surface area contributed by atoms with Crippen LogP contribution in [0.1, 0.15) is 6.92 Å². The number of ether oxygens (including phenoxy) is 1. The monoisotopic (exact) mass is 248 g/mol. The van der Waals surface area contributed by atoms with Crippen molar-refractivity contribution in [2.45, 2.75) is 11.8 Å². The summed E-state index contributed by atoms with van der Waals surface area (Å²) >= 11 is 0. The highest BCUT2D eigenvalue weighted by Gasteiger charge is 2.22. The topological polar surface area (TPSA) is 98.5 Å². The molecule has 7 nitrogen and oxygen atoms in total. The summed E-state index contributed by atoms with van der Waals surface area (Å²) in [7, 11) is -1.98. The van der Waals surface area contributed by atoms with Crippen molar-refractivity contribution >= 4 is 15.8 Å². The average Bonchev–Trinajstić information content (AvgIpc) is 2.57. The molecule has 0 saturated carbocycles.